The molecule has 0 aliphatic carbocycles. The number of esters is 1. The number of aromatic nitrogens is 2. The van der Waals surface area contributed by atoms with E-state index in [1.54, 1.807) is 71.0 Å². The van der Waals surface area contributed by atoms with Gasteiger partial charge >= 0.3 is 24.2 Å². The molecule has 0 bridgehead atoms. The lowest BCUT2D eigenvalue weighted by molar-refractivity contribution is -0.298. The summed E-state index contributed by atoms with van der Waals surface area (Å²) in [4.78, 5) is 81.8. The van der Waals surface area contributed by atoms with Crippen LogP contribution in [0.4, 0.5) is 14.4 Å². The molecule has 0 unspecified atom stereocenters. The van der Waals surface area contributed by atoms with Crippen molar-refractivity contribution in [2.24, 2.45) is 23.7 Å². The molecule has 0 radical (unpaired) electrons. The number of ketones is 1. The monoisotopic (exact) mass is 920 g/mol. The number of ether oxygens (including phenoxy) is 6. The smallest absolute Gasteiger partial charge is 0.410 e. The van der Waals surface area contributed by atoms with Crippen LogP contribution in [-0.4, -0.2) is 149 Å². The molecule has 2 aromatic rings. The molecular weight excluding hydrogens is 853 g/mol. The molecule has 3 amide bonds. The van der Waals surface area contributed by atoms with Crippen LogP contribution in [0, 0.1) is 23.7 Å². The summed E-state index contributed by atoms with van der Waals surface area (Å²) in [7, 11) is 3.69. The first-order valence-electron chi connectivity index (χ1n) is 23.2. The normalized spacial score (nSPS) is 34.5. The van der Waals surface area contributed by atoms with Crippen LogP contribution in [0.5, 0.6) is 0 Å². The van der Waals surface area contributed by atoms with E-state index in [0.717, 1.165) is 24.0 Å². The third kappa shape index (κ3) is 11.9. The third-order valence-electron chi connectivity index (χ3n) is 13.5. The van der Waals surface area contributed by atoms with Crippen molar-refractivity contribution in [2.45, 2.75) is 141 Å². The fourth-order valence-corrected chi connectivity index (χ4v) is 9.82. The van der Waals surface area contributed by atoms with Crippen molar-refractivity contribution in [3.63, 3.8) is 0 Å². The second-order valence-electron chi connectivity index (χ2n) is 18.7. The maximum absolute atomic E-state index is 14.6. The SMILES string of the molecule is CC[C@H]1OC(=O)[C@H](C)[C@@H](OC(=O)N2CCCC2)[C@H](C)[C@@H](O[C@@H]2O[C@H](C)C[C@H](N(C)C)[C@H]2O)[C@](C)(OC(=O)NC/C=C/c2ccc(-c3ncccn3)cc2)C[C@@H](C)C(=O)[C@H](C)[C@H]2NC(=O)O[C@@H]21. The summed E-state index contributed by atoms with van der Waals surface area (Å²) in [5.41, 5.74) is -0.0226. The van der Waals surface area contributed by atoms with Gasteiger partial charge < -0.3 is 54.0 Å². The number of nitrogens with one attached hydrogen (secondary N) is 2. The van der Waals surface area contributed by atoms with Crippen LogP contribution in [0.25, 0.3) is 17.5 Å². The topological polar surface area (TPSA) is 217 Å². The van der Waals surface area contributed by atoms with Crippen LogP contribution >= 0.6 is 0 Å². The molecule has 362 valence electrons. The summed E-state index contributed by atoms with van der Waals surface area (Å²) < 4.78 is 37.7. The minimum absolute atomic E-state index is 0.0534. The van der Waals surface area contributed by atoms with Gasteiger partial charge in [-0.2, -0.15) is 0 Å². The predicted molar refractivity (Wildman–Crippen MR) is 241 cm³/mol. The predicted octanol–water partition coefficient (Wildman–Crippen LogP) is 5.37. The van der Waals surface area contributed by atoms with Crippen LogP contribution in [-0.2, 0) is 38.0 Å². The van der Waals surface area contributed by atoms with Gasteiger partial charge in [0.1, 0.15) is 35.8 Å². The van der Waals surface area contributed by atoms with Crippen molar-refractivity contribution >= 4 is 36.1 Å². The van der Waals surface area contributed by atoms with Gasteiger partial charge in [0.05, 0.1) is 18.1 Å². The van der Waals surface area contributed by atoms with E-state index in [2.05, 4.69) is 20.6 Å². The van der Waals surface area contributed by atoms with Gasteiger partial charge in [-0.1, -0.05) is 64.1 Å². The number of benzene rings is 1. The molecule has 1 aromatic heterocycles. The highest BCUT2D eigenvalue weighted by Gasteiger charge is 2.54. The van der Waals surface area contributed by atoms with Gasteiger partial charge in [-0.15, -0.1) is 0 Å². The van der Waals surface area contributed by atoms with E-state index in [0.29, 0.717) is 25.3 Å². The Kier molecular flexibility index (Phi) is 16.8. The molecule has 6 rings (SSSR count). The summed E-state index contributed by atoms with van der Waals surface area (Å²) in [6.07, 6.45) is -0.461. The first-order chi connectivity index (χ1) is 31.4. The van der Waals surface area contributed by atoms with E-state index in [1.807, 2.05) is 56.3 Å². The third-order valence-corrected chi connectivity index (χ3v) is 13.5. The number of amides is 3. The Bertz CT molecular complexity index is 2020. The molecule has 4 fully saturated rings. The number of alkyl carbamates (subject to hydrolysis) is 2. The Labute approximate surface area is 387 Å². The summed E-state index contributed by atoms with van der Waals surface area (Å²) >= 11 is 0. The number of hydrogen-bond donors (Lipinski definition) is 3. The number of likely N-dealkylation sites (tertiary alicyclic amines) is 1. The molecule has 5 heterocycles. The molecule has 18 heteroatoms. The van der Waals surface area contributed by atoms with E-state index in [9.17, 15) is 29.1 Å². The zero-order valence-corrected chi connectivity index (χ0v) is 39.6. The van der Waals surface area contributed by atoms with Crippen molar-refractivity contribution in [1.82, 2.24) is 30.4 Å². The Morgan fingerprint density at radius 2 is 1.70 bits per heavy atom. The summed E-state index contributed by atoms with van der Waals surface area (Å²) in [6, 6.07) is 8.10. The molecule has 0 saturated carbocycles. The van der Waals surface area contributed by atoms with Crippen molar-refractivity contribution < 1.29 is 57.5 Å². The number of likely N-dealkylation sites (N-methyl/N-ethyl adjacent to an activating group) is 1. The number of cyclic esters (lactones) is 1. The minimum atomic E-state index is -1.73. The Balaban J connectivity index is 1.37. The van der Waals surface area contributed by atoms with E-state index in [-0.39, 0.29) is 37.3 Å². The molecule has 18 nitrogen and oxygen atoms in total. The maximum Gasteiger partial charge on any atom is 0.410 e. The van der Waals surface area contributed by atoms with Gasteiger partial charge in [0.15, 0.2) is 18.2 Å². The largest absolute Gasteiger partial charge is 0.458 e. The molecule has 14 atom stereocenters. The quantitative estimate of drug-likeness (QED) is 0.202. The van der Waals surface area contributed by atoms with E-state index < -0.39 is 96.4 Å². The highest BCUT2D eigenvalue weighted by atomic mass is 16.7. The van der Waals surface area contributed by atoms with Crippen LogP contribution in [0.15, 0.2) is 48.8 Å². The lowest BCUT2D eigenvalue weighted by atomic mass is 9.75. The number of aliphatic hydroxyl groups is 1. The maximum atomic E-state index is 14.6. The van der Waals surface area contributed by atoms with Gasteiger partial charge in [-0.05, 0) is 78.6 Å². The van der Waals surface area contributed by atoms with Gasteiger partial charge in [0.25, 0.3) is 0 Å². The van der Waals surface area contributed by atoms with Crippen molar-refractivity contribution in [3.05, 3.63) is 54.4 Å². The number of carbonyl (C=O) groups excluding carboxylic acids is 5. The summed E-state index contributed by atoms with van der Waals surface area (Å²) in [5.74, 6) is -4.23. The zero-order valence-electron chi connectivity index (χ0n) is 39.6. The van der Waals surface area contributed by atoms with Crippen LogP contribution in [0.2, 0.25) is 0 Å². The molecule has 4 saturated heterocycles. The molecular formula is C48H68N6O12. The van der Waals surface area contributed by atoms with E-state index in [1.165, 1.54) is 0 Å². The van der Waals surface area contributed by atoms with Crippen molar-refractivity contribution in [2.75, 3.05) is 33.7 Å². The molecule has 66 heavy (non-hydrogen) atoms. The average molecular weight is 921 g/mol. The number of fused-ring (bicyclic) bond motifs is 1. The Morgan fingerprint density at radius 1 is 1.02 bits per heavy atom. The second kappa shape index (κ2) is 22.1. The van der Waals surface area contributed by atoms with Crippen molar-refractivity contribution in [1.29, 1.82) is 0 Å². The first-order valence-corrected chi connectivity index (χ1v) is 23.2. The van der Waals surface area contributed by atoms with Gasteiger partial charge in [0.2, 0.25) is 0 Å². The minimum Gasteiger partial charge on any atom is -0.458 e. The lowest BCUT2D eigenvalue weighted by Gasteiger charge is -2.48. The molecule has 0 spiro atoms. The van der Waals surface area contributed by atoms with Crippen molar-refractivity contribution in [3.8, 4) is 11.4 Å². The number of rotatable bonds is 10. The zero-order chi connectivity index (χ0) is 47.9. The Hall–Kier alpha value is -5.17. The Morgan fingerprint density at radius 3 is 2.35 bits per heavy atom. The highest BCUT2D eigenvalue weighted by Crippen LogP contribution is 2.40. The molecule has 4 aliphatic rings. The van der Waals surface area contributed by atoms with Gasteiger partial charge in [-0.3, -0.25) is 9.59 Å². The van der Waals surface area contributed by atoms with Crippen LogP contribution < -0.4 is 10.6 Å². The lowest BCUT2D eigenvalue weighted by Crippen LogP contribution is -2.61. The van der Waals surface area contributed by atoms with Gasteiger partial charge in [-0.25, -0.2) is 24.4 Å². The summed E-state index contributed by atoms with van der Waals surface area (Å²) in [5, 5.41) is 17.4. The summed E-state index contributed by atoms with van der Waals surface area (Å²) in [6.45, 7) is 12.9. The van der Waals surface area contributed by atoms with Crippen LogP contribution in [0.1, 0.15) is 86.1 Å². The van der Waals surface area contributed by atoms with E-state index >= 15 is 0 Å². The average Bonchev–Trinajstić information content (AvgIpc) is 3.98. The number of nitrogens with zero attached hydrogens (tertiary/aromatic N) is 4. The fraction of sp³-hybridized carbons (Fsp3) is 0.646. The second-order valence-corrected chi connectivity index (χ2v) is 18.7. The number of aliphatic hydroxyl groups excluding tert-OH is 1. The number of carbonyl (C=O) groups is 5. The number of hydrogen-bond acceptors (Lipinski definition) is 15. The highest BCUT2D eigenvalue weighted by molar-refractivity contribution is 5.85. The van der Waals surface area contributed by atoms with Crippen LogP contribution in [0.3, 0.4) is 0 Å². The standard InChI is InChI=1S/C48H68N6O12/c1-10-35-40-36(52-46(59)63-40)29(4)37(55)27(2)26-48(7,66-45(58)51-20-13-15-32-16-18-33(19-17-32)42-49-21-14-22-50-42)41(65-44-38(56)34(53(8)9)25-28(3)61-44)30(5)39(31(6)43(57)62-35)64-47(60)54-23-11-12-24-54/h13-19,21-22,27-31,34-36,38-41,44,56H,10-12,20,23-26H2,1-9H3,(H,51,58)(H,52,59)/b15-13+/t27-,28-,29-,30+,31-,34+,35-,36-,38-,39+,40-,41-,44+,48-/m1/s1. The first kappa shape index (κ1) is 50.2. The van der Waals surface area contributed by atoms with Gasteiger partial charge in [0, 0.05) is 61.4 Å². The fourth-order valence-electron chi connectivity index (χ4n) is 9.82. The molecule has 3 N–H and O–H groups in total. The number of Topliss-reactive ketones (excluding diaryl/α,β-unsaturated/α-hetero) is 1. The molecule has 1 aromatic carbocycles. The van der Waals surface area contributed by atoms with E-state index in [4.69, 9.17) is 28.4 Å². The molecule has 4 aliphatic heterocycles.